The van der Waals surface area contributed by atoms with Gasteiger partial charge in [0.25, 0.3) is 5.78 Å². The zero-order valence-corrected chi connectivity index (χ0v) is 15.7. The van der Waals surface area contributed by atoms with Gasteiger partial charge in [-0.15, -0.1) is 0 Å². The Balaban J connectivity index is 1.73. The van der Waals surface area contributed by atoms with Crippen LogP contribution in [0, 0.1) is 5.82 Å². The van der Waals surface area contributed by atoms with E-state index in [1.807, 2.05) is 6.07 Å². The molecule has 0 fully saturated rings. The van der Waals surface area contributed by atoms with Gasteiger partial charge < -0.3 is 15.0 Å². The van der Waals surface area contributed by atoms with Crippen molar-refractivity contribution in [3.63, 3.8) is 0 Å². The molecular formula is C19H21FN6O2. The number of nitrogens with one attached hydrogen (secondary N) is 1. The fourth-order valence-corrected chi connectivity index (χ4v) is 3.56. The summed E-state index contributed by atoms with van der Waals surface area (Å²) in [5.74, 6) is 0.843. The average molecular weight is 384 g/mol. The number of benzene rings is 1. The van der Waals surface area contributed by atoms with Crippen LogP contribution in [-0.2, 0) is 22.7 Å². The summed E-state index contributed by atoms with van der Waals surface area (Å²) >= 11 is 0. The number of amides is 1. The molecule has 2 aromatic heterocycles. The van der Waals surface area contributed by atoms with Crippen molar-refractivity contribution in [1.82, 2.24) is 24.5 Å². The fraction of sp³-hybridized carbons (Fsp3) is 0.368. The van der Waals surface area contributed by atoms with E-state index in [-0.39, 0.29) is 17.8 Å². The monoisotopic (exact) mass is 384 g/mol. The summed E-state index contributed by atoms with van der Waals surface area (Å²) < 4.78 is 20.7. The average Bonchev–Trinajstić information content (AvgIpc) is 3.05. The molecule has 1 aromatic carbocycles. The molecule has 0 bridgehead atoms. The topological polar surface area (TPSA) is 84.7 Å². The number of methoxy groups -OCH3 is 1. The van der Waals surface area contributed by atoms with E-state index in [0.29, 0.717) is 37.7 Å². The number of carbonyl (C=O) groups excluding carboxylic acids is 1. The molecule has 3 aromatic rings. The minimum absolute atomic E-state index is 0.0270. The van der Waals surface area contributed by atoms with Crippen molar-refractivity contribution in [2.75, 3.05) is 19.0 Å². The summed E-state index contributed by atoms with van der Waals surface area (Å²) in [7, 11) is 1.61. The Morgan fingerprint density at radius 3 is 3.04 bits per heavy atom. The lowest BCUT2D eigenvalue weighted by Gasteiger charge is -2.21. The van der Waals surface area contributed by atoms with Crippen LogP contribution in [0.1, 0.15) is 36.2 Å². The van der Waals surface area contributed by atoms with Crippen LogP contribution in [0.2, 0.25) is 0 Å². The molecule has 8 nitrogen and oxygen atoms in total. The summed E-state index contributed by atoms with van der Waals surface area (Å²) in [6, 6.07) is 6.47. The molecule has 0 spiro atoms. The first-order chi connectivity index (χ1) is 13.5. The zero-order valence-electron chi connectivity index (χ0n) is 15.7. The highest BCUT2D eigenvalue weighted by Gasteiger charge is 2.25. The summed E-state index contributed by atoms with van der Waals surface area (Å²) in [4.78, 5) is 22.2. The quantitative estimate of drug-likeness (QED) is 0.743. The molecule has 1 N–H and O–H groups in total. The van der Waals surface area contributed by atoms with Crippen molar-refractivity contribution in [1.29, 1.82) is 0 Å². The second-order valence-electron chi connectivity index (χ2n) is 6.81. The van der Waals surface area contributed by atoms with Crippen molar-refractivity contribution < 1.29 is 13.9 Å². The second-order valence-corrected chi connectivity index (χ2v) is 6.81. The van der Waals surface area contributed by atoms with Gasteiger partial charge in [-0.25, -0.2) is 9.37 Å². The summed E-state index contributed by atoms with van der Waals surface area (Å²) in [5.41, 5.74) is 2.48. The highest BCUT2D eigenvalue weighted by atomic mass is 19.1. The van der Waals surface area contributed by atoms with Gasteiger partial charge in [-0.1, -0.05) is 6.07 Å². The number of hydrogen-bond donors (Lipinski definition) is 1. The molecule has 28 heavy (non-hydrogen) atoms. The molecule has 0 saturated heterocycles. The van der Waals surface area contributed by atoms with Crippen molar-refractivity contribution >= 4 is 17.5 Å². The van der Waals surface area contributed by atoms with Crippen LogP contribution in [0.4, 0.5) is 10.2 Å². The maximum atomic E-state index is 13.8. The van der Waals surface area contributed by atoms with Gasteiger partial charge in [-0.3, -0.25) is 4.79 Å². The van der Waals surface area contributed by atoms with Gasteiger partial charge in [-0.2, -0.15) is 14.6 Å². The predicted molar refractivity (Wildman–Crippen MR) is 100.0 cm³/mol. The van der Waals surface area contributed by atoms with Gasteiger partial charge in [0, 0.05) is 33.2 Å². The fourth-order valence-electron chi connectivity index (χ4n) is 3.56. The number of carbonyl (C=O) groups is 1. The van der Waals surface area contributed by atoms with Crippen LogP contribution in [0.15, 0.2) is 30.6 Å². The van der Waals surface area contributed by atoms with E-state index in [2.05, 4.69) is 20.4 Å². The Kier molecular flexibility index (Phi) is 4.91. The largest absolute Gasteiger partial charge is 0.378 e. The van der Waals surface area contributed by atoms with Crippen molar-refractivity contribution in [3.05, 3.63) is 53.2 Å². The highest BCUT2D eigenvalue weighted by Crippen LogP contribution is 2.30. The van der Waals surface area contributed by atoms with E-state index in [9.17, 15) is 9.18 Å². The van der Waals surface area contributed by atoms with E-state index < -0.39 is 0 Å². The van der Waals surface area contributed by atoms with E-state index in [1.54, 1.807) is 22.6 Å². The van der Waals surface area contributed by atoms with Crippen LogP contribution in [0.25, 0.3) is 5.78 Å². The first-order valence-electron chi connectivity index (χ1n) is 9.04. The maximum absolute atomic E-state index is 13.8. The number of ether oxygens (including phenoxy) is 1. The Bertz CT molecular complexity index is 1020. The Hall–Kier alpha value is -3.07. The van der Waals surface area contributed by atoms with Gasteiger partial charge in [0.1, 0.15) is 18.0 Å². The molecule has 146 valence electrons. The molecular weight excluding hydrogens is 363 g/mol. The first-order valence-corrected chi connectivity index (χ1v) is 9.04. The van der Waals surface area contributed by atoms with Gasteiger partial charge in [0.15, 0.2) is 0 Å². The molecule has 0 saturated carbocycles. The Morgan fingerprint density at radius 1 is 1.39 bits per heavy atom. The number of fused-ring (bicyclic) bond motifs is 2. The van der Waals surface area contributed by atoms with Crippen LogP contribution in [0.5, 0.6) is 0 Å². The molecule has 0 aliphatic carbocycles. The van der Waals surface area contributed by atoms with Gasteiger partial charge in [-0.05, 0) is 29.7 Å². The van der Waals surface area contributed by atoms with Crippen molar-refractivity contribution in [2.45, 2.75) is 32.5 Å². The molecule has 4 rings (SSSR count). The predicted octanol–water partition coefficient (Wildman–Crippen LogP) is 2.32. The third kappa shape index (κ3) is 3.53. The maximum Gasteiger partial charge on any atom is 0.254 e. The van der Waals surface area contributed by atoms with Crippen LogP contribution >= 0.6 is 0 Å². The SMILES string of the molecule is COCc1cc(NC2CCN(C(C)=O)Cc3cc(F)ccc32)n2ncnc2n1. The Labute approximate surface area is 161 Å². The lowest BCUT2D eigenvalue weighted by Crippen LogP contribution is -2.28. The number of anilines is 1. The number of aromatic nitrogens is 4. The molecule has 1 amide bonds. The summed E-state index contributed by atoms with van der Waals surface area (Å²) in [6.45, 7) is 2.85. The first kappa shape index (κ1) is 18.3. The number of halogens is 1. The van der Waals surface area contributed by atoms with Crippen molar-refractivity contribution in [2.24, 2.45) is 0 Å². The minimum atomic E-state index is -0.312. The van der Waals surface area contributed by atoms with Crippen LogP contribution in [0.3, 0.4) is 0 Å². The Morgan fingerprint density at radius 2 is 2.25 bits per heavy atom. The number of hydrogen-bond acceptors (Lipinski definition) is 6. The molecule has 1 aliphatic heterocycles. The number of nitrogens with zero attached hydrogens (tertiary/aromatic N) is 5. The van der Waals surface area contributed by atoms with Gasteiger partial charge in [0.2, 0.25) is 5.91 Å². The van der Waals surface area contributed by atoms with E-state index >= 15 is 0 Å². The molecule has 1 aliphatic rings. The number of rotatable bonds is 4. The lowest BCUT2D eigenvalue weighted by molar-refractivity contribution is -0.129. The molecule has 1 atom stereocenters. The third-order valence-electron chi connectivity index (χ3n) is 4.89. The molecule has 3 heterocycles. The van der Waals surface area contributed by atoms with Gasteiger partial charge in [0.05, 0.1) is 18.3 Å². The van der Waals surface area contributed by atoms with E-state index in [4.69, 9.17) is 4.74 Å². The smallest absolute Gasteiger partial charge is 0.254 e. The molecule has 9 heteroatoms. The normalized spacial score (nSPS) is 16.7. The standard InChI is InChI=1S/C19H21FN6O2/c1-12(27)25-6-5-17(16-4-3-14(20)7-13(16)9-25)24-18-8-15(10-28-2)23-19-21-11-22-26(18)19/h3-4,7-8,11,17,24H,5-6,9-10H2,1-2H3. The third-order valence-corrected chi connectivity index (χ3v) is 4.89. The second kappa shape index (κ2) is 7.51. The van der Waals surface area contributed by atoms with Gasteiger partial charge >= 0.3 is 0 Å². The summed E-state index contributed by atoms with van der Waals surface area (Å²) in [6.07, 6.45) is 2.12. The molecule has 0 radical (unpaired) electrons. The van der Waals surface area contributed by atoms with Crippen LogP contribution < -0.4 is 5.32 Å². The summed E-state index contributed by atoms with van der Waals surface area (Å²) in [5, 5.41) is 7.73. The van der Waals surface area contributed by atoms with E-state index in [0.717, 1.165) is 16.8 Å². The molecule has 1 unspecified atom stereocenters. The zero-order chi connectivity index (χ0) is 19.7. The minimum Gasteiger partial charge on any atom is -0.378 e. The van der Waals surface area contributed by atoms with E-state index in [1.165, 1.54) is 25.4 Å². The lowest BCUT2D eigenvalue weighted by atomic mass is 9.99. The highest BCUT2D eigenvalue weighted by molar-refractivity contribution is 5.73. The van der Waals surface area contributed by atoms with Crippen LogP contribution in [-0.4, -0.2) is 44.0 Å². The van der Waals surface area contributed by atoms with Crippen molar-refractivity contribution in [3.8, 4) is 0 Å².